The number of oxazole rings is 1. The van der Waals surface area contributed by atoms with E-state index in [1.807, 2.05) is 6.07 Å². The Kier molecular flexibility index (Phi) is 1.57. The van der Waals surface area contributed by atoms with Crippen molar-refractivity contribution >= 4 is 11.2 Å². The third-order valence-corrected chi connectivity index (χ3v) is 3.00. The van der Waals surface area contributed by atoms with E-state index in [2.05, 4.69) is 16.0 Å². The van der Waals surface area contributed by atoms with Gasteiger partial charge in [0.15, 0.2) is 11.2 Å². The van der Waals surface area contributed by atoms with Gasteiger partial charge < -0.3 is 4.42 Å². The molecule has 1 fully saturated rings. The molecule has 2 aromatic heterocycles. The Bertz CT molecular complexity index is 515. The Balaban J connectivity index is 2.16. The maximum absolute atomic E-state index is 9.14. The highest BCUT2D eigenvalue weighted by molar-refractivity contribution is 5.67. The zero-order valence-electron chi connectivity index (χ0n) is 8.10. The molecule has 4 nitrogen and oxygen atoms in total. The number of hydrogen-bond donors (Lipinski definition) is 0. The number of pyridine rings is 1. The van der Waals surface area contributed by atoms with Gasteiger partial charge in [0.1, 0.15) is 5.41 Å². The molecular weight excluding hydrogens is 190 g/mol. The third-order valence-electron chi connectivity index (χ3n) is 3.00. The Hall–Kier alpha value is -1.89. The van der Waals surface area contributed by atoms with E-state index in [0.717, 1.165) is 19.3 Å². The standard InChI is InChI=1S/C11H9N3O/c12-7-11(4-2-5-11)10-14-9-8(15-10)3-1-6-13-9/h1,3,6H,2,4-5H2. The van der Waals surface area contributed by atoms with Gasteiger partial charge in [-0.2, -0.15) is 10.2 Å². The first-order valence-corrected chi connectivity index (χ1v) is 4.97. The van der Waals surface area contributed by atoms with Gasteiger partial charge in [0.2, 0.25) is 5.89 Å². The molecule has 0 aromatic carbocycles. The minimum atomic E-state index is -0.485. The van der Waals surface area contributed by atoms with Crippen LogP contribution >= 0.6 is 0 Å². The first kappa shape index (κ1) is 8.42. The third kappa shape index (κ3) is 1.06. The summed E-state index contributed by atoms with van der Waals surface area (Å²) >= 11 is 0. The largest absolute Gasteiger partial charge is 0.437 e. The van der Waals surface area contributed by atoms with Crippen molar-refractivity contribution in [2.24, 2.45) is 0 Å². The van der Waals surface area contributed by atoms with Gasteiger partial charge in [0.05, 0.1) is 6.07 Å². The molecule has 0 radical (unpaired) electrons. The summed E-state index contributed by atoms with van der Waals surface area (Å²) in [6.45, 7) is 0. The van der Waals surface area contributed by atoms with Gasteiger partial charge in [0, 0.05) is 6.20 Å². The second-order valence-corrected chi connectivity index (χ2v) is 3.89. The molecule has 1 saturated carbocycles. The van der Waals surface area contributed by atoms with Gasteiger partial charge in [0.25, 0.3) is 0 Å². The molecule has 0 amide bonds. The van der Waals surface area contributed by atoms with Gasteiger partial charge >= 0.3 is 0 Å². The van der Waals surface area contributed by atoms with E-state index in [-0.39, 0.29) is 0 Å². The van der Waals surface area contributed by atoms with E-state index in [1.165, 1.54) is 0 Å². The average Bonchev–Trinajstić information content (AvgIpc) is 2.60. The van der Waals surface area contributed by atoms with Crippen LogP contribution in [0.1, 0.15) is 25.2 Å². The zero-order chi connectivity index (χ0) is 10.3. The topological polar surface area (TPSA) is 62.7 Å². The molecule has 4 heteroatoms. The second-order valence-electron chi connectivity index (χ2n) is 3.89. The number of rotatable bonds is 1. The SMILES string of the molecule is N#CC1(c2nc3ncccc3o2)CCC1. The molecule has 0 atom stereocenters. The minimum absolute atomic E-state index is 0.485. The summed E-state index contributed by atoms with van der Waals surface area (Å²) in [5.74, 6) is 0.532. The van der Waals surface area contributed by atoms with Crippen LogP contribution in [0.4, 0.5) is 0 Å². The van der Waals surface area contributed by atoms with E-state index in [9.17, 15) is 0 Å². The van der Waals surface area contributed by atoms with Gasteiger partial charge in [-0.1, -0.05) is 0 Å². The molecule has 3 rings (SSSR count). The van der Waals surface area contributed by atoms with Gasteiger partial charge in [-0.25, -0.2) is 4.98 Å². The first-order chi connectivity index (χ1) is 7.34. The summed E-state index contributed by atoms with van der Waals surface area (Å²) in [5, 5.41) is 9.14. The van der Waals surface area contributed by atoms with E-state index in [1.54, 1.807) is 12.3 Å². The molecule has 0 unspecified atom stereocenters. The van der Waals surface area contributed by atoms with E-state index < -0.39 is 5.41 Å². The fourth-order valence-corrected chi connectivity index (χ4v) is 1.88. The summed E-state index contributed by atoms with van der Waals surface area (Å²) in [6, 6.07) is 5.93. The number of hydrogen-bond acceptors (Lipinski definition) is 4. The summed E-state index contributed by atoms with van der Waals surface area (Å²) in [4.78, 5) is 8.37. The zero-order valence-corrected chi connectivity index (χ0v) is 8.10. The van der Waals surface area contributed by atoms with Crippen molar-refractivity contribution in [2.45, 2.75) is 24.7 Å². The van der Waals surface area contributed by atoms with Crippen LogP contribution in [-0.2, 0) is 5.41 Å². The van der Waals surface area contributed by atoms with Crippen LogP contribution < -0.4 is 0 Å². The van der Waals surface area contributed by atoms with Crippen molar-refractivity contribution in [3.05, 3.63) is 24.2 Å². The fourth-order valence-electron chi connectivity index (χ4n) is 1.88. The molecule has 74 valence electrons. The highest BCUT2D eigenvalue weighted by Gasteiger charge is 2.43. The number of nitriles is 1. The normalized spacial score (nSPS) is 18.3. The Morgan fingerprint density at radius 2 is 2.33 bits per heavy atom. The van der Waals surface area contributed by atoms with Gasteiger partial charge in [-0.15, -0.1) is 0 Å². The second kappa shape index (κ2) is 2.80. The monoisotopic (exact) mass is 199 g/mol. The van der Waals surface area contributed by atoms with Gasteiger partial charge in [-0.3, -0.25) is 0 Å². The highest BCUT2D eigenvalue weighted by Crippen LogP contribution is 2.43. The molecule has 0 saturated heterocycles. The predicted molar refractivity (Wildman–Crippen MR) is 52.9 cm³/mol. The number of aromatic nitrogens is 2. The Morgan fingerprint density at radius 1 is 1.47 bits per heavy atom. The van der Waals surface area contributed by atoms with Crippen LogP contribution in [0.25, 0.3) is 11.2 Å². The van der Waals surface area contributed by atoms with Crippen molar-refractivity contribution in [3.8, 4) is 6.07 Å². The quantitative estimate of drug-likeness (QED) is 0.706. The van der Waals surface area contributed by atoms with Crippen molar-refractivity contribution in [2.75, 3.05) is 0 Å². The van der Waals surface area contributed by atoms with Crippen molar-refractivity contribution < 1.29 is 4.42 Å². The first-order valence-electron chi connectivity index (χ1n) is 4.97. The number of nitrogens with zero attached hydrogens (tertiary/aromatic N) is 3. The van der Waals surface area contributed by atoms with Crippen molar-refractivity contribution in [1.29, 1.82) is 5.26 Å². The summed E-state index contributed by atoms with van der Waals surface area (Å²) in [5.41, 5.74) is 0.767. The highest BCUT2D eigenvalue weighted by atomic mass is 16.3. The maximum Gasteiger partial charge on any atom is 0.217 e. The van der Waals surface area contributed by atoms with Crippen LogP contribution in [0.3, 0.4) is 0 Å². The summed E-state index contributed by atoms with van der Waals surface area (Å²) in [6.07, 6.45) is 4.43. The summed E-state index contributed by atoms with van der Waals surface area (Å²) in [7, 11) is 0. The smallest absolute Gasteiger partial charge is 0.217 e. The molecule has 1 aliphatic carbocycles. The molecule has 1 aliphatic rings. The van der Waals surface area contributed by atoms with Crippen LogP contribution in [0.2, 0.25) is 0 Å². The van der Waals surface area contributed by atoms with Crippen molar-refractivity contribution in [1.82, 2.24) is 9.97 Å². The Labute approximate surface area is 86.6 Å². The molecule has 0 N–H and O–H groups in total. The Morgan fingerprint density at radius 3 is 2.93 bits per heavy atom. The van der Waals surface area contributed by atoms with Crippen LogP contribution in [0.5, 0.6) is 0 Å². The molecular formula is C11H9N3O. The lowest BCUT2D eigenvalue weighted by Gasteiger charge is -2.31. The lowest BCUT2D eigenvalue weighted by Crippen LogP contribution is -2.32. The van der Waals surface area contributed by atoms with E-state index in [4.69, 9.17) is 9.68 Å². The molecule has 0 aliphatic heterocycles. The predicted octanol–water partition coefficient (Wildman–Crippen LogP) is 2.17. The molecule has 15 heavy (non-hydrogen) atoms. The molecule has 0 spiro atoms. The number of fused-ring (bicyclic) bond motifs is 1. The molecule has 0 bridgehead atoms. The fraction of sp³-hybridized carbons (Fsp3) is 0.364. The van der Waals surface area contributed by atoms with Gasteiger partial charge in [-0.05, 0) is 31.4 Å². The maximum atomic E-state index is 9.14. The van der Waals surface area contributed by atoms with Crippen LogP contribution in [-0.4, -0.2) is 9.97 Å². The van der Waals surface area contributed by atoms with E-state index >= 15 is 0 Å². The lowest BCUT2D eigenvalue weighted by atomic mass is 9.70. The van der Waals surface area contributed by atoms with Crippen LogP contribution in [0.15, 0.2) is 22.7 Å². The minimum Gasteiger partial charge on any atom is -0.437 e. The molecule has 2 aromatic rings. The van der Waals surface area contributed by atoms with E-state index in [0.29, 0.717) is 17.1 Å². The van der Waals surface area contributed by atoms with Crippen LogP contribution in [0, 0.1) is 11.3 Å². The summed E-state index contributed by atoms with van der Waals surface area (Å²) < 4.78 is 5.57. The molecule has 2 heterocycles. The average molecular weight is 199 g/mol. The van der Waals surface area contributed by atoms with Crippen molar-refractivity contribution in [3.63, 3.8) is 0 Å². The lowest BCUT2D eigenvalue weighted by molar-refractivity contribution is 0.263.